The Bertz CT molecular complexity index is 292. The van der Waals surface area contributed by atoms with Crippen LogP contribution in [0.25, 0.3) is 0 Å². The third-order valence-corrected chi connectivity index (χ3v) is 3.04. The molecule has 4 heteroatoms. The molecule has 1 atom stereocenters. The molecule has 1 nitrogen and oxygen atoms in total. The molecule has 0 aliphatic rings. The summed E-state index contributed by atoms with van der Waals surface area (Å²) in [6.07, 6.45) is 3.50. The van der Waals surface area contributed by atoms with E-state index < -0.39 is 5.92 Å². The second-order valence-corrected chi connectivity index (χ2v) is 4.42. The number of hydrogen-bond donors (Lipinski definition) is 0. The zero-order valence-corrected chi connectivity index (χ0v) is 9.24. The van der Waals surface area contributed by atoms with Gasteiger partial charge in [0.15, 0.2) is 0 Å². The van der Waals surface area contributed by atoms with Gasteiger partial charge in [0.2, 0.25) is 0 Å². The molecule has 0 saturated heterocycles. The van der Waals surface area contributed by atoms with Crippen LogP contribution in [-0.4, -0.2) is 11.2 Å². The van der Waals surface area contributed by atoms with Gasteiger partial charge < -0.3 is 0 Å². The van der Waals surface area contributed by atoms with Crippen LogP contribution in [0.5, 0.6) is 0 Å². The number of aromatic nitrogens is 1. The molecule has 78 valence electrons. The Balaban J connectivity index is 2.89. The summed E-state index contributed by atoms with van der Waals surface area (Å²) in [6.45, 7) is 2.87. The lowest BCUT2D eigenvalue weighted by atomic mass is 10.1. The zero-order valence-electron chi connectivity index (χ0n) is 8.42. The first-order valence-electron chi connectivity index (χ1n) is 4.32. The summed E-state index contributed by atoms with van der Waals surface area (Å²) < 4.78 is 25.6. The Kier molecular flexibility index (Phi) is 3.48. The molecule has 0 aliphatic heterocycles. The number of rotatable bonds is 3. The molecule has 0 bridgehead atoms. The van der Waals surface area contributed by atoms with Crippen LogP contribution in [0.15, 0.2) is 18.3 Å². The second-order valence-electron chi connectivity index (χ2n) is 3.24. The molecule has 0 radical (unpaired) electrons. The quantitative estimate of drug-likeness (QED) is 0.767. The predicted molar refractivity (Wildman–Crippen MR) is 55.7 cm³/mol. The van der Waals surface area contributed by atoms with Crippen LogP contribution in [0.1, 0.15) is 30.4 Å². The fraction of sp³-hybridized carbons (Fsp3) is 0.500. The lowest BCUT2D eigenvalue weighted by molar-refractivity contribution is 0.0127. The molecule has 0 spiro atoms. The van der Waals surface area contributed by atoms with Crippen molar-refractivity contribution in [1.82, 2.24) is 4.98 Å². The van der Waals surface area contributed by atoms with Crippen molar-refractivity contribution >= 4 is 11.8 Å². The zero-order chi connectivity index (χ0) is 10.8. The Morgan fingerprint density at radius 2 is 2.07 bits per heavy atom. The minimum Gasteiger partial charge on any atom is -0.255 e. The van der Waals surface area contributed by atoms with E-state index in [4.69, 9.17) is 0 Å². The number of thioether (sulfide) groups is 1. The molecular weight excluding hydrogens is 204 g/mol. The van der Waals surface area contributed by atoms with Gasteiger partial charge in [-0.25, -0.2) is 0 Å². The Morgan fingerprint density at radius 1 is 1.43 bits per heavy atom. The van der Waals surface area contributed by atoms with E-state index in [-0.39, 0.29) is 5.69 Å². The summed E-state index contributed by atoms with van der Waals surface area (Å²) in [5.41, 5.74) is 0.806. The maximum atomic E-state index is 12.8. The number of hydrogen-bond acceptors (Lipinski definition) is 2. The van der Waals surface area contributed by atoms with Crippen molar-refractivity contribution in [2.45, 2.75) is 25.0 Å². The van der Waals surface area contributed by atoms with Crippen LogP contribution >= 0.6 is 11.8 Å². The van der Waals surface area contributed by atoms with Crippen molar-refractivity contribution in [2.75, 3.05) is 6.26 Å². The highest BCUT2D eigenvalue weighted by atomic mass is 32.2. The summed E-state index contributed by atoms with van der Waals surface area (Å²) in [5.74, 6) is -2.85. The van der Waals surface area contributed by atoms with Crippen molar-refractivity contribution in [2.24, 2.45) is 0 Å². The molecule has 1 aromatic rings. The van der Waals surface area contributed by atoms with Crippen molar-refractivity contribution < 1.29 is 8.78 Å². The van der Waals surface area contributed by atoms with Crippen LogP contribution < -0.4 is 0 Å². The van der Waals surface area contributed by atoms with Gasteiger partial charge in [-0.3, -0.25) is 4.98 Å². The number of alkyl halides is 2. The minimum atomic E-state index is -2.85. The summed E-state index contributed by atoms with van der Waals surface area (Å²) >= 11 is 1.66. The average Bonchev–Trinajstić information content (AvgIpc) is 2.15. The van der Waals surface area contributed by atoms with Gasteiger partial charge in [0.05, 0.1) is 0 Å². The molecule has 0 aliphatic carbocycles. The van der Waals surface area contributed by atoms with Crippen LogP contribution in [0.3, 0.4) is 0 Å². The predicted octanol–water partition coefficient (Wildman–Crippen LogP) is 3.62. The largest absolute Gasteiger partial charge is 0.286 e. The first-order valence-corrected chi connectivity index (χ1v) is 5.61. The van der Waals surface area contributed by atoms with Crippen LogP contribution in [0, 0.1) is 0 Å². The molecule has 0 fully saturated rings. The molecule has 0 N–H and O–H groups in total. The van der Waals surface area contributed by atoms with E-state index in [0.29, 0.717) is 5.25 Å². The minimum absolute atomic E-state index is 0.172. The van der Waals surface area contributed by atoms with E-state index in [1.54, 1.807) is 17.8 Å². The maximum Gasteiger partial charge on any atom is 0.286 e. The van der Waals surface area contributed by atoms with E-state index in [0.717, 1.165) is 12.5 Å². The first kappa shape index (κ1) is 11.4. The molecule has 1 unspecified atom stereocenters. The van der Waals surface area contributed by atoms with E-state index in [2.05, 4.69) is 4.98 Å². The third-order valence-electron chi connectivity index (χ3n) is 2.06. The highest BCUT2D eigenvalue weighted by Gasteiger charge is 2.25. The highest BCUT2D eigenvalue weighted by molar-refractivity contribution is 7.98. The van der Waals surface area contributed by atoms with Crippen molar-refractivity contribution in [3.8, 4) is 0 Å². The standard InChI is InChI=1S/C10H13F2NS/c1-7(14-3)8-4-5-9(13-6-8)10(2,11)12/h4-7H,1-3H3. The first-order chi connectivity index (χ1) is 6.45. The van der Waals surface area contributed by atoms with E-state index in [1.165, 1.54) is 12.3 Å². The summed E-state index contributed by atoms with van der Waals surface area (Å²) in [7, 11) is 0. The summed E-state index contributed by atoms with van der Waals surface area (Å²) in [6, 6.07) is 3.10. The Hall–Kier alpha value is -0.640. The highest BCUT2D eigenvalue weighted by Crippen LogP contribution is 2.28. The fourth-order valence-corrected chi connectivity index (χ4v) is 1.45. The Labute approximate surface area is 86.9 Å². The van der Waals surface area contributed by atoms with Crippen molar-refractivity contribution in [3.05, 3.63) is 29.6 Å². The van der Waals surface area contributed by atoms with Crippen LogP contribution in [0.2, 0.25) is 0 Å². The van der Waals surface area contributed by atoms with Crippen LogP contribution in [-0.2, 0) is 5.92 Å². The van der Waals surface area contributed by atoms with Gasteiger partial charge in [-0.05, 0) is 24.8 Å². The number of nitrogens with zero attached hydrogens (tertiary/aromatic N) is 1. The molecule has 1 rings (SSSR count). The van der Waals surface area contributed by atoms with Gasteiger partial charge in [-0.1, -0.05) is 6.07 Å². The van der Waals surface area contributed by atoms with E-state index >= 15 is 0 Å². The van der Waals surface area contributed by atoms with Gasteiger partial charge in [-0.15, -0.1) is 0 Å². The SMILES string of the molecule is CSC(C)c1ccc(C(C)(F)F)nc1. The van der Waals surface area contributed by atoms with E-state index in [9.17, 15) is 8.78 Å². The lowest BCUT2D eigenvalue weighted by Crippen LogP contribution is -2.09. The van der Waals surface area contributed by atoms with Crippen molar-refractivity contribution in [3.63, 3.8) is 0 Å². The van der Waals surface area contributed by atoms with Gasteiger partial charge in [-0.2, -0.15) is 20.5 Å². The maximum absolute atomic E-state index is 12.8. The molecule has 1 heterocycles. The summed E-state index contributed by atoms with van der Waals surface area (Å²) in [4.78, 5) is 3.76. The van der Waals surface area contributed by atoms with Crippen molar-refractivity contribution in [1.29, 1.82) is 0 Å². The van der Waals surface area contributed by atoms with E-state index in [1.807, 2.05) is 13.2 Å². The number of halogens is 2. The lowest BCUT2D eigenvalue weighted by Gasteiger charge is -2.12. The number of pyridine rings is 1. The van der Waals surface area contributed by atoms with Gasteiger partial charge in [0.25, 0.3) is 5.92 Å². The molecule has 0 saturated carbocycles. The summed E-state index contributed by atoms with van der Waals surface area (Å²) in [5, 5.41) is 0.294. The smallest absolute Gasteiger partial charge is 0.255 e. The molecule has 0 amide bonds. The molecule has 1 aromatic heterocycles. The topological polar surface area (TPSA) is 12.9 Å². The van der Waals surface area contributed by atoms with Crippen LogP contribution in [0.4, 0.5) is 8.78 Å². The third kappa shape index (κ3) is 2.67. The van der Waals surface area contributed by atoms with Gasteiger partial charge >= 0.3 is 0 Å². The monoisotopic (exact) mass is 217 g/mol. The second kappa shape index (κ2) is 4.26. The van der Waals surface area contributed by atoms with Gasteiger partial charge in [0.1, 0.15) is 5.69 Å². The van der Waals surface area contributed by atoms with Gasteiger partial charge in [0, 0.05) is 18.4 Å². The molecule has 14 heavy (non-hydrogen) atoms. The molecule has 0 aromatic carbocycles. The Morgan fingerprint density at radius 3 is 2.43 bits per heavy atom. The average molecular weight is 217 g/mol. The molecular formula is C10H13F2NS. The normalized spacial score (nSPS) is 14.1. The fourth-order valence-electron chi connectivity index (χ4n) is 1.04.